The van der Waals surface area contributed by atoms with Crippen molar-refractivity contribution in [1.82, 2.24) is 0 Å². The second-order valence-corrected chi connectivity index (χ2v) is 5.14. The van der Waals surface area contributed by atoms with Gasteiger partial charge in [0.25, 0.3) is 0 Å². The van der Waals surface area contributed by atoms with E-state index >= 15 is 0 Å². The van der Waals surface area contributed by atoms with Gasteiger partial charge in [-0.2, -0.15) is 0 Å². The smallest absolute Gasteiger partial charge is 0.325 e. The van der Waals surface area contributed by atoms with Crippen LogP contribution in [0.3, 0.4) is 0 Å². The maximum absolute atomic E-state index is 11.0. The third-order valence-electron chi connectivity index (χ3n) is 2.98. The largest absolute Gasteiger partial charge is 0.491 e. The lowest BCUT2D eigenvalue weighted by Crippen LogP contribution is -2.22. The van der Waals surface area contributed by atoms with Crippen LogP contribution in [0.4, 0.5) is 0 Å². The van der Waals surface area contributed by atoms with Crippen LogP contribution < -0.4 is 10.5 Å². The molecule has 0 saturated heterocycles. The van der Waals surface area contributed by atoms with E-state index in [1.54, 1.807) is 12.1 Å². The van der Waals surface area contributed by atoms with E-state index in [4.69, 9.17) is 27.2 Å². The Bertz CT molecular complexity index is 472. The average Bonchev–Trinajstić information content (AvgIpc) is 3.09. The van der Waals surface area contributed by atoms with Crippen LogP contribution in [-0.4, -0.2) is 17.7 Å². The first-order valence-corrected chi connectivity index (χ1v) is 6.28. The highest BCUT2D eigenvalue weighted by Gasteiger charge is 2.25. The molecule has 1 aromatic carbocycles. The van der Waals surface area contributed by atoms with Crippen LogP contribution in [0.25, 0.3) is 0 Å². The predicted molar refractivity (Wildman–Crippen MR) is 69.0 cm³/mol. The van der Waals surface area contributed by atoms with E-state index < -0.39 is 12.0 Å². The Balaban J connectivity index is 2.30. The molecule has 18 heavy (non-hydrogen) atoms. The van der Waals surface area contributed by atoms with E-state index in [0.29, 0.717) is 28.9 Å². The van der Waals surface area contributed by atoms with Crippen molar-refractivity contribution >= 4 is 17.6 Å². The molecule has 1 atom stereocenters. The summed E-state index contributed by atoms with van der Waals surface area (Å²) in [5.74, 6) is -0.117. The van der Waals surface area contributed by atoms with Gasteiger partial charge in [0.1, 0.15) is 11.8 Å². The summed E-state index contributed by atoms with van der Waals surface area (Å²) in [6.07, 6.45) is 2.31. The maximum Gasteiger partial charge on any atom is 0.325 e. The summed E-state index contributed by atoms with van der Waals surface area (Å²) in [5.41, 5.74) is 6.96. The van der Waals surface area contributed by atoms with Crippen molar-refractivity contribution in [3.8, 4) is 5.75 Å². The van der Waals surface area contributed by atoms with E-state index in [9.17, 15) is 4.79 Å². The Morgan fingerprint density at radius 2 is 2.28 bits per heavy atom. The molecule has 0 aromatic heterocycles. The SMILES string of the molecule is Cc1cc(Cl)c(OCC2CC2)c(C(N)C(=O)O)c1. The monoisotopic (exact) mass is 269 g/mol. The lowest BCUT2D eigenvalue weighted by Gasteiger charge is -2.16. The number of aryl methyl sites for hydroxylation is 1. The Hall–Kier alpha value is -1.26. The van der Waals surface area contributed by atoms with E-state index in [2.05, 4.69) is 0 Å². The molecule has 1 fully saturated rings. The molecule has 4 nitrogen and oxygen atoms in total. The van der Waals surface area contributed by atoms with Crippen LogP contribution in [0.15, 0.2) is 12.1 Å². The summed E-state index contributed by atoms with van der Waals surface area (Å²) in [4.78, 5) is 11.0. The number of carboxylic acids is 1. The van der Waals surface area contributed by atoms with E-state index in [-0.39, 0.29) is 0 Å². The highest BCUT2D eigenvalue weighted by Crippen LogP contribution is 2.36. The number of carbonyl (C=O) groups is 1. The van der Waals surface area contributed by atoms with Crippen molar-refractivity contribution < 1.29 is 14.6 Å². The number of halogens is 1. The number of nitrogens with two attached hydrogens (primary N) is 1. The van der Waals surface area contributed by atoms with Gasteiger partial charge in [0.2, 0.25) is 0 Å². The standard InChI is InChI=1S/C13H16ClNO3/c1-7-4-9(11(15)13(16)17)12(10(14)5-7)18-6-8-2-3-8/h4-5,8,11H,2-3,6,15H2,1H3,(H,16,17). The maximum atomic E-state index is 11.0. The molecule has 0 radical (unpaired) electrons. The van der Waals surface area contributed by atoms with Gasteiger partial charge in [-0.15, -0.1) is 0 Å². The van der Waals surface area contributed by atoms with Gasteiger partial charge in [0, 0.05) is 5.56 Å². The number of hydrogen-bond donors (Lipinski definition) is 2. The van der Waals surface area contributed by atoms with Gasteiger partial charge >= 0.3 is 5.97 Å². The first kappa shape index (κ1) is 13.2. The van der Waals surface area contributed by atoms with Crippen LogP contribution in [0.5, 0.6) is 5.75 Å². The molecular weight excluding hydrogens is 254 g/mol. The van der Waals surface area contributed by atoms with Crippen LogP contribution in [0, 0.1) is 12.8 Å². The fourth-order valence-corrected chi connectivity index (χ4v) is 2.09. The van der Waals surface area contributed by atoms with Gasteiger partial charge in [0.05, 0.1) is 11.6 Å². The van der Waals surface area contributed by atoms with Crippen LogP contribution in [0.1, 0.15) is 30.0 Å². The lowest BCUT2D eigenvalue weighted by atomic mass is 10.0. The third kappa shape index (κ3) is 2.94. The van der Waals surface area contributed by atoms with Crippen molar-refractivity contribution in [3.63, 3.8) is 0 Å². The fourth-order valence-electron chi connectivity index (χ4n) is 1.76. The van der Waals surface area contributed by atoms with Gasteiger partial charge < -0.3 is 15.6 Å². The van der Waals surface area contributed by atoms with E-state index in [1.807, 2.05) is 6.92 Å². The highest BCUT2D eigenvalue weighted by molar-refractivity contribution is 6.32. The summed E-state index contributed by atoms with van der Waals surface area (Å²) in [6, 6.07) is 2.35. The molecule has 0 aliphatic heterocycles. The number of benzene rings is 1. The lowest BCUT2D eigenvalue weighted by molar-refractivity contribution is -0.138. The molecule has 0 spiro atoms. The van der Waals surface area contributed by atoms with Gasteiger partial charge in [-0.1, -0.05) is 17.7 Å². The topological polar surface area (TPSA) is 72.5 Å². The second kappa shape index (κ2) is 5.16. The predicted octanol–water partition coefficient (Wildman–Crippen LogP) is 2.52. The Labute approximate surface area is 111 Å². The number of ether oxygens (including phenoxy) is 1. The minimum absolute atomic E-state index is 0.407. The number of rotatable bonds is 5. The van der Waals surface area contributed by atoms with Crippen molar-refractivity contribution in [2.24, 2.45) is 11.7 Å². The number of aliphatic carboxylic acids is 1. The number of hydrogen-bond acceptors (Lipinski definition) is 3. The van der Waals surface area contributed by atoms with Gasteiger partial charge in [-0.3, -0.25) is 4.79 Å². The molecule has 1 unspecified atom stereocenters. The van der Waals surface area contributed by atoms with Crippen molar-refractivity contribution in [2.45, 2.75) is 25.8 Å². The van der Waals surface area contributed by atoms with Crippen molar-refractivity contribution in [2.75, 3.05) is 6.61 Å². The molecule has 1 saturated carbocycles. The Kier molecular flexibility index (Phi) is 3.78. The molecule has 1 aliphatic rings. The quantitative estimate of drug-likeness (QED) is 0.861. The zero-order valence-corrected chi connectivity index (χ0v) is 10.9. The third-order valence-corrected chi connectivity index (χ3v) is 3.26. The molecular formula is C13H16ClNO3. The second-order valence-electron chi connectivity index (χ2n) is 4.74. The molecule has 0 heterocycles. The zero-order valence-electron chi connectivity index (χ0n) is 10.1. The summed E-state index contributed by atoms with van der Waals surface area (Å²) < 4.78 is 5.64. The van der Waals surface area contributed by atoms with Gasteiger partial charge in [-0.25, -0.2) is 0 Å². The van der Waals surface area contributed by atoms with Gasteiger partial charge in [0.15, 0.2) is 0 Å². The summed E-state index contributed by atoms with van der Waals surface area (Å²) in [5, 5.41) is 9.43. The number of carboxylic acid groups (broad SMARTS) is 1. The molecule has 0 bridgehead atoms. The molecule has 98 valence electrons. The normalized spacial score (nSPS) is 16.4. The minimum atomic E-state index is -1.11. The van der Waals surface area contributed by atoms with Crippen LogP contribution >= 0.6 is 11.6 Å². The minimum Gasteiger partial charge on any atom is -0.491 e. The Morgan fingerprint density at radius 3 is 2.83 bits per heavy atom. The fraction of sp³-hybridized carbons (Fsp3) is 0.462. The molecule has 1 aromatic rings. The molecule has 2 rings (SSSR count). The van der Waals surface area contributed by atoms with Gasteiger partial charge in [-0.05, 0) is 37.3 Å². The summed E-state index contributed by atoms with van der Waals surface area (Å²) in [7, 11) is 0. The molecule has 5 heteroatoms. The zero-order chi connectivity index (χ0) is 13.3. The Morgan fingerprint density at radius 1 is 1.61 bits per heavy atom. The highest BCUT2D eigenvalue weighted by atomic mass is 35.5. The van der Waals surface area contributed by atoms with Crippen LogP contribution in [0.2, 0.25) is 5.02 Å². The first-order valence-electron chi connectivity index (χ1n) is 5.90. The first-order chi connectivity index (χ1) is 8.49. The van der Waals surface area contributed by atoms with Crippen LogP contribution in [-0.2, 0) is 4.79 Å². The molecule has 0 amide bonds. The summed E-state index contributed by atoms with van der Waals surface area (Å²) in [6.45, 7) is 2.41. The average molecular weight is 270 g/mol. The summed E-state index contributed by atoms with van der Waals surface area (Å²) >= 11 is 6.11. The molecule has 1 aliphatic carbocycles. The van der Waals surface area contributed by atoms with E-state index in [0.717, 1.165) is 18.4 Å². The van der Waals surface area contributed by atoms with E-state index in [1.165, 1.54) is 0 Å². The van der Waals surface area contributed by atoms with Crippen molar-refractivity contribution in [3.05, 3.63) is 28.3 Å². The van der Waals surface area contributed by atoms with Crippen molar-refractivity contribution in [1.29, 1.82) is 0 Å². The molecule has 3 N–H and O–H groups in total.